The molecule has 4 rings (SSSR count). The molecule has 2 aliphatic heterocycles. The van der Waals surface area contributed by atoms with Crippen LogP contribution in [0.15, 0.2) is 41.4 Å². The van der Waals surface area contributed by atoms with E-state index in [4.69, 9.17) is 13.9 Å². The van der Waals surface area contributed by atoms with E-state index >= 15 is 0 Å². The zero-order chi connectivity index (χ0) is 20.1. The topological polar surface area (TPSA) is 98.0 Å². The minimum Gasteiger partial charge on any atom is -0.467 e. The molecule has 29 heavy (non-hydrogen) atoms. The van der Waals surface area contributed by atoms with Gasteiger partial charge in [-0.2, -0.15) is 0 Å². The van der Waals surface area contributed by atoms with Crippen LogP contribution in [0.25, 0.3) is 0 Å². The molecule has 0 aliphatic carbocycles. The van der Waals surface area contributed by atoms with Crippen LogP contribution in [0.5, 0.6) is 0 Å². The molecule has 2 fully saturated rings. The third-order valence-electron chi connectivity index (χ3n) is 5.28. The van der Waals surface area contributed by atoms with Crippen LogP contribution in [-0.2, 0) is 20.8 Å². The van der Waals surface area contributed by atoms with Gasteiger partial charge >= 0.3 is 0 Å². The lowest BCUT2D eigenvalue weighted by molar-refractivity contribution is -0.187. The van der Waals surface area contributed by atoms with Crippen molar-refractivity contribution < 1.29 is 23.5 Å². The Morgan fingerprint density at radius 3 is 2.62 bits per heavy atom. The number of hydrogen-bond acceptors (Lipinski definition) is 7. The number of amides is 2. The predicted molar refractivity (Wildman–Crippen MR) is 101 cm³/mol. The summed E-state index contributed by atoms with van der Waals surface area (Å²) in [4.78, 5) is 37.0. The smallest absolute Gasteiger partial charge is 0.274 e. The molecular weight excluding hydrogens is 376 g/mol. The van der Waals surface area contributed by atoms with E-state index in [-0.39, 0.29) is 37.0 Å². The number of carbonyl (C=O) groups excluding carboxylic acids is 2. The molecular formula is C20H24N4O5. The summed E-state index contributed by atoms with van der Waals surface area (Å²) in [5.41, 5.74) is 0.238. The van der Waals surface area contributed by atoms with Gasteiger partial charge in [-0.3, -0.25) is 14.6 Å². The van der Waals surface area contributed by atoms with Crippen LogP contribution in [-0.4, -0.2) is 70.2 Å². The van der Waals surface area contributed by atoms with Crippen molar-refractivity contribution >= 4 is 11.8 Å². The van der Waals surface area contributed by atoms with Crippen LogP contribution in [0.1, 0.15) is 35.5 Å². The highest BCUT2D eigenvalue weighted by atomic mass is 16.7. The van der Waals surface area contributed by atoms with Gasteiger partial charge in [0.1, 0.15) is 11.5 Å². The van der Waals surface area contributed by atoms with Crippen molar-refractivity contribution in [3.8, 4) is 0 Å². The molecule has 154 valence electrons. The first-order valence-electron chi connectivity index (χ1n) is 9.79. The van der Waals surface area contributed by atoms with Gasteiger partial charge in [0.2, 0.25) is 5.91 Å². The molecule has 0 unspecified atom stereocenters. The second kappa shape index (κ2) is 8.71. The molecule has 2 amide bonds. The van der Waals surface area contributed by atoms with E-state index in [0.29, 0.717) is 44.9 Å². The average molecular weight is 400 g/mol. The van der Waals surface area contributed by atoms with Crippen LogP contribution in [0, 0.1) is 0 Å². The van der Waals surface area contributed by atoms with Crippen molar-refractivity contribution in [1.29, 1.82) is 0 Å². The van der Waals surface area contributed by atoms with E-state index in [1.54, 1.807) is 23.3 Å². The summed E-state index contributed by atoms with van der Waals surface area (Å²) in [5.74, 6) is -0.142. The van der Waals surface area contributed by atoms with Gasteiger partial charge in [-0.25, -0.2) is 4.98 Å². The summed E-state index contributed by atoms with van der Waals surface area (Å²) in [6.07, 6.45) is 7.54. The molecule has 2 aromatic heterocycles. The predicted octanol–water partition coefficient (Wildman–Crippen LogP) is 1.47. The Labute approximate surface area is 168 Å². The summed E-state index contributed by atoms with van der Waals surface area (Å²) in [6, 6.07) is 3.56. The van der Waals surface area contributed by atoms with E-state index in [1.807, 2.05) is 4.90 Å². The van der Waals surface area contributed by atoms with Crippen LogP contribution >= 0.6 is 0 Å². The minimum atomic E-state index is -0.510. The lowest BCUT2D eigenvalue weighted by Gasteiger charge is -2.37. The first kappa shape index (κ1) is 19.5. The molecule has 1 spiro atoms. The Kier molecular flexibility index (Phi) is 5.86. The Morgan fingerprint density at radius 2 is 1.97 bits per heavy atom. The molecule has 4 heterocycles. The summed E-state index contributed by atoms with van der Waals surface area (Å²) in [5, 5.41) is 0. The zero-order valence-electron chi connectivity index (χ0n) is 16.2. The Morgan fingerprint density at radius 1 is 1.17 bits per heavy atom. The maximum atomic E-state index is 12.9. The number of ether oxygens (including phenoxy) is 2. The van der Waals surface area contributed by atoms with Crippen LogP contribution in [0.2, 0.25) is 0 Å². The fourth-order valence-corrected chi connectivity index (χ4v) is 3.69. The van der Waals surface area contributed by atoms with Crippen molar-refractivity contribution in [2.75, 3.05) is 32.8 Å². The van der Waals surface area contributed by atoms with E-state index in [2.05, 4.69) is 9.97 Å². The maximum Gasteiger partial charge on any atom is 0.274 e. The van der Waals surface area contributed by atoms with Gasteiger partial charge in [0.05, 0.1) is 32.2 Å². The third kappa shape index (κ3) is 4.63. The highest BCUT2D eigenvalue weighted by molar-refractivity contribution is 5.92. The first-order chi connectivity index (χ1) is 14.2. The molecule has 0 saturated carbocycles. The quantitative estimate of drug-likeness (QED) is 0.724. The number of aromatic nitrogens is 2. The highest BCUT2D eigenvalue weighted by Crippen LogP contribution is 2.31. The van der Waals surface area contributed by atoms with Crippen LogP contribution < -0.4 is 0 Å². The summed E-state index contributed by atoms with van der Waals surface area (Å²) < 4.78 is 16.8. The Hall–Kier alpha value is -2.78. The van der Waals surface area contributed by atoms with Gasteiger partial charge in [0, 0.05) is 51.3 Å². The normalized spacial score (nSPS) is 18.1. The number of likely N-dealkylation sites (tertiary alicyclic amines) is 1. The molecule has 2 aromatic rings. The van der Waals surface area contributed by atoms with Gasteiger partial charge in [0.25, 0.3) is 5.91 Å². The van der Waals surface area contributed by atoms with E-state index in [1.165, 1.54) is 18.6 Å². The molecule has 0 bridgehead atoms. The van der Waals surface area contributed by atoms with Gasteiger partial charge < -0.3 is 23.7 Å². The lowest BCUT2D eigenvalue weighted by Crippen LogP contribution is -2.48. The number of piperidine rings is 1. The number of furan rings is 1. The minimum absolute atomic E-state index is 0.00855. The van der Waals surface area contributed by atoms with Gasteiger partial charge in [0.15, 0.2) is 5.79 Å². The first-order valence-corrected chi connectivity index (χ1v) is 9.79. The molecule has 0 N–H and O–H groups in total. The monoisotopic (exact) mass is 400 g/mol. The van der Waals surface area contributed by atoms with E-state index in [0.717, 1.165) is 0 Å². The fourth-order valence-electron chi connectivity index (χ4n) is 3.69. The Bertz CT molecular complexity index is 811. The number of carbonyl (C=O) groups is 2. The highest BCUT2D eigenvalue weighted by Gasteiger charge is 2.40. The number of rotatable bonds is 6. The number of nitrogens with zero attached hydrogens (tertiary/aromatic N) is 4. The van der Waals surface area contributed by atoms with Crippen molar-refractivity contribution in [3.63, 3.8) is 0 Å². The number of hydrogen-bond donors (Lipinski definition) is 0. The maximum absolute atomic E-state index is 12.9. The van der Waals surface area contributed by atoms with E-state index in [9.17, 15) is 9.59 Å². The Balaban J connectivity index is 1.36. The molecule has 9 heteroatoms. The van der Waals surface area contributed by atoms with Crippen molar-refractivity contribution in [1.82, 2.24) is 19.8 Å². The lowest BCUT2D eigenvalue weighted by atomic mass is 10.0. The van der Waals surface area contributed by atoms with E-state index < -0.39 is 5.79 Å². The van der Waals surface area contributed by atoms with Crippen molar-refractivity contribution in [2.45, 2.75) is 31.6 Å². The van der Waals surface area contributed by atoms with Crippen molar-refractivity contribution in [2.24, 2.45) is 0 Å². The standard InChI is InChI=1S/C20H24N4O5/c25-18(23-9-4-20(5-10-23)28-12-13-29-20)3-8-24(15-16-2-1-11-27-16)19(26)17-14-21-6-7-22-17/h1-2,6-7,11,14H,3-5,8-10,12-13,15H2. The molecule has 2 aliphatic rings. The second-order valence-corrected chi connectivity index (χ2v) is 7.14. The summed E-state index contributed by atoms with van der Waals surface area (Å²) in [6.45, 7) is 2.94. The molecule has 0 radical (unpaired) electrons. The van der Waals surface area contributed by atoms with Crippen LogP contribution in [0.3, 0.4) is 0 Å². The zero-order valence-corrected chi connectivity index (χ0v) is 16.2. The third-order valence-corrected chi connectivity index (χ3v) is 5.28. The van der Waals surface area contributed by atoms with Crippen molar-refractivity contribution in [3.05, 3.63) is 48.4 Å². The van der Waals surface area contributed by atoms with Gasteiger partial charge in [-0.05, 0) is 12.1 Å². The average Bonchev–Trinajstić information content (AvgIpc) is 3.44. The van der Waals surface area contributed by atoms with Gasteiger partial charge in [-0.15, -0.1) is 0 Å². The second-order valence-electron chi connectivity index (χ2n) is 7.14. The molecule has 0 aromatic carbocycles. The summed E-state index contributed by atoms with van der Waals surface area (Å²) in [7, 11) is 0. The molecule has 0 atom stereocenters. The van der Waals surface area contributed by atoms with Crippen LogP contribution in [0.4, 0.5) is 0 Å². The fraction of sp³-hybridized carbons (Fsp3) is 0.500. The largest absolute Gasteiger partial charge is 0.467 e. The van der Waals surface area contributed by atoms with Gasteiger partial charge in [-0.1, -0.05) is 0 Å². The molecule has 2 saturated heterocycles. The SMILES string of the molecule is O=C(CCN(Cc1ccco1)C(=O)c1cnccn1)N1CCC2(CC1)OCCO2. The summed E-state index contributed by atoms with van der Waals surface area (Å²) >= 11 is 0. The molecule has 9 nitrogen and oxygen atoms in total.